The van der Waals surface area contributed by atoms with Crippen molar-refractivity contribution in [3.05, 3.63) is 52.7 Å². The first-order valence-electron chi connectivity index (χ1n) is 9.04. The van der Waals surface area contributed by atoms with Gasteiger partial charge in [-0.2, -0.15) is 0 Å². The van der Waals surface area contributed by atoms with E-state index in [4.69, 9.17) is 0 Å². The van der Waals surface area contributed by atoms with Gasteiger partial charge in [0.15, 0.2) is 0 Å². The van der Waals surface area contributed by atoms with Crippen molar-refractivity contribution in [2.24, 2.45) is 0 Å². The Morgan fingerprint density at radius 3 is 2.17 bits per heavy atom. The Morgan fingerprint density at radius 1 is 0.917 bits per heavy atom. The molecule has 0 bridgehead atoms. The van der Waals surface area contributed by atoms with E-state index in [9.17, 15) is 0 Å². The van der Waals surface area contributed by atoms with E-state index in [0.717, 1.165) is 25.3 Å². The summed E-state index contributed by atoms with van der Waals surface area (Å²) in [6.07, 6.45) is 1.96. The second-order valence-corrected chi connectivity index (χ2v) is 6.99. The van der Waals surface area contributed by atoms with Gasteiger partial charge in [-0.3, -0.25) is 9.88 Å². The molecule has 1 aromatic heterocycles. The van der Waals surface area contributed by atoms with Crippen molar-refractivity contribution >= 4 is 0 Å². The van der Waals surface area contributed by atoms with E-state index in [2.05, 4.69) is 66.7 Å². The quantitative estimate of drug-likeness (QED) is 0.853. The zero-order valence-corrected chi connectivity index (χ0v) is 15.5. The molecule has 1 aliphatic heterocycles. The van der Waals surface area contributed by atoms with Crippen molar-refractivity contribution in [3.63, 3.8) is 0 Å². The summed E-state index contributed by atoms with van der Waals surface area (Å²) in [6, 6.07) is 8.93. The van der Waals surface area contributed by atoms with Crippen LogP contribution in [0.4, 0.5) is 0 Å². The Kier molecular flexibility index (Phi) is 5.32. The predicted molar refractivity (Wildman–Crippen MR) is 101 cm³/mol. The summed E-state index contributed by atoms with van der Waals surface area (Å²) >= 11 is 0. The molecule has 2 aromatic rings. The van der Waals surface area contributed by atoms with Crippen LogP contribution in [0.15, 0.2) is 30.5 Å². The van der Waals surface area contributed by atoms with E-state index in [-0.39, 0.29) is 0 Å². The van der Waals surface area contributed by atoms with Gasteiger partial charge < -0.3 is 4.90 Å². The fourth-order valence-corrected chi connectivity index (χ4v) is 3.44. The zero-order valence-electron chi connectivity index (χ0n) is 15.5. The Balaban J connectivity index is 1.75. The number of rotatable bonds is 4. The molecule has 0 N–H and O–H groups in total. The molecule has 0 spiro atoms. The van der Waals surface area contributed by atoms with Crippen LogP contribution in [-0.2, 0) is 6.54 Å². The molecule has 128 valence electrons. The number of aromatic nitrogens is 1. The van der Waals surface area contributed by atoms with Crippen LogP contribution in [0.3, 0.4) is 0 Å². The van der Waals surface area contributed by atoms with Gasteiger partial charge in [0.2, 0.25) is 0 Å². The predicted octanol–water partition coefficient (Wildman–Crippen LogP) is 3.81. The third kappa shape index (κ3) is 3.85. The highest BCUT2D eigenvalue weighted by molar-refractivity contribution is 5.63. The smallest absolute Gasteiger partial charge is 0.0705 e. The van der Waals surface area contributed by atoms with Gasteiger partial charge in [0, 0.05) is 44.5 Å². The molecule has 24 heavy (non-hydrogen) atoms. The van der Waals surface area contributed by atoms with Crippen molar-refractivity contribution in [1.29, 1.82) is 0 Å². The Bertz CT molecular complexity index is 677. The van der Waals surface area contributed by atoms with Crippen molar-refractivity contribution in [2.75, 3.05) is 32.7 Å². The average Bonchev–Trinajstić information content (AvgIpc) is 2.60. The number of likely N-dealkylation sites (N-methyl/N-ethyl adjacent to an activating group) is 1. The molecular weight excluding hydrogens is 294 g/mol. The van der Waals surface area contributed by atoms with E-state index >= 15 is 0 Å². The van der Waals surface area contributed by atoms with Crippen LogP contribution >= 0.6 is 0 Å². The number of hydrogen-bond donors (Lipinski definition) is 0. The van der Waals surface area contributed by atoms with Crippen molar-refractivity contribution < 1.29 is 0 Å². The van der Waals surface area contributed by atoms with E-state index in [1.165, 1.54) is 47.5 Å². The van der Waals surface area contributed by atoms with Crippen molar-refractivity contribution in [1.82, 2.24) is 14.8 Å². The first kappa shape index (κ1) is 17.1. The molecule has 3 nitrogen and oxygen atoms in total. The number of aryl methyl sites for hydroxylation is 2. The topological polar surface area (TPSA) is 19.4 Å². The lowest BCUT2D eigenvalue weighted by Gasteiger charge is -2.34. The lowest BCUT2D eigenvalue weighted by Crippen LogP contribution is -2.45. The molecule has 3 rings (SSSR count). The maximum absolute atomic E-state index is 4.61. The maximum Gasteiger partial charge on any atom is 0.0705 e. The highest BCUT2D eigenvalue weighted by Gasteiger charge is 2.15. The average molecular weight is 323 g/mol. The van der Waals surface area contributed by atoms with Crippen LogP contribution in [0.25, 0.3) is 11.3 Å². The van der Waals surface area contributed by atoms with Gasteiger partial charge in [-0.05, 0) is 73.8 Å². The molecule has 1 saturated heterocycles. The van der Waals surface area contributed by atoms with Crippen molar-refractivity contribution in [3.8, 4) is 11.3 Å². The number of piperazine rings is 1. The molecule has 0 aliphatic carbocycles. The second-order valence-electron chi connectivity index (χ2n) is 6.99. The Labute approximate surface area is 146 Å². The van der Waals surface area contributed by atoms with Gasteiger partial charge in [-0.25, -0.2) is 0 Å². The summed E-state index contributed by atoms with van der Waals surface area (Å²) in [4.78, 5) is 9.69. The number of pyridine rings is 1. The lowest BCUT2D eigenvalue weighted by molar-refractivity contribution is 0.132. The second kappa shape index (κ2) is 7.45. The van der Waals surface area contributed by atoms with Gasteiger partial charge in [-0.1, -0.05) is 6.92 Å². The molecule has 1 fully saturated rings. The van der Waals surface area contributed by atoms with Crippen LogP contribution in [0.5, 0.6) is 0 Å². The summed E-state index contributed by atoms with van der Waals surface area (Å²) in [5.41, 5.74) is 7.74. The van der Waals surface area contributed by atoms with E-state index in [1.807, 2.05) is 6.20 Å². The van der Waals surface area contributed by atoms with Crippen LogP contribution in [0.2, 0.25) is 0 Å². The molecule has 0 radical (unpaired) electrons. The molecule has 0 atom stereocenters. The van der Waals surface area contributed by atoms with E-state index in [1.54, 1.807) is 0 Å². The minimum Gasteiger partial charge on any atom is -0.301 e. The third-order valence-corrected chi connectivity index (χ3v) is 5.37. The van der Waals surface area contributed by atoms with Gasteiger partial charge >= 0.3 is 0 Å². The van der Waals surface area contributed by atoms with Crippen LogP contribution < -0.4 is 0 Å². The Morgan fingerprint density at radius 2 is 1.54 bits per heavy atom. The minimum absolute atomic E-state index is 1.02. The summed E-state index contributed by atoms with van der Waals surface area (Å²) in [5, 5.41) is 0. The summed E-state index contributed by atoms with van der Waals surface area (Å²) in [6.45, 7) is 15.7. The molecular formula is C21H29N3. The van der Waals surface area contributed by atoms with Gasteiger partial charge in [0.05, 0.1) is 5.69 Å². The molecule has 1 aliphatic rings. The molecule has 1 aromatic carbocycles. The van der Waals surface area contributed by atoms with Crippen LogP contribution in [0, 0.1) is 20.8 Å². The minimum atomic E-state index is 1.02. The highest BCUT2D eigenvalue weighted by Crippen LogP contribution is 2.24. The standard InChI is InChI=1S/C21H29N3/c1-5-23-8-10-24(11-9-23)15-19-6-7-22-21(14-19)20-12-16(2)18(4)17(3)13-20/h6-7,12-14H,5,8-11,15H2,1-4H3. The highest BCUT2D eigenvalue weighted by atomic mass is 15.3. The fourth-order valence-electron chi connectivity index (χ4n) is 3.44. The summed E-state index contributed by atoms with van der Waals surface area (Å²) < 4.78 is 0. The van der Waals surface area contributed by atoms with Crippen LogP contribution in [0.1, 0.15) is 29.2 Å². The Hall–Kier alpha value is -1.71. The number of nitrogens with zero attached hydrogens (tertiary/aromatic N) is 3. The SMILES string of the molecule is CCN1CCN(Cc2ccnc(-c3cc(C)c(C)c(C)c3)c2)CC1. The van der Waals surface area contributed by atoms with Gasteiger partial charge in [0.25, 0.3) is 0 Å². The first-order valence-corrected chi connectivity index (χ1v) is 9.04. The molecule has 0 saturated carbocycles. The van der Waals surface area contributed by atoms with Crippen molar-refractivity contribution in [2.45, 2.75) is 34.2 Å². The van der Waals surface area contributed by atoms with Gasteiger partial charge in [-0.15, -0.1) is 0 Å². The monoisotopic (exact) mass is 323 g/mol. The van der Waals surface area contributed by atoms with E-state index < -0.39 is 0 Å². The summed E-state index contributed by atoms with van der Waals surface area (Å²) in [5.74, 6) is 0. The molecule has 2 heterocycles. The largest absolute Gasteiger partial charge is 0.301 e. The summed E-state index contributed by atoms with van der Waals surface area (Å²) in [7, 11) is 0. The normalized spacial score (nSPS) is 16.5. The van der Waals surface area contributed by atoms with Crippen LogP contribution in [-0.4, -0.2) is 47.5 Å². The first-order chi connectivity index (χ1) is 11.6. The number of benzene rings is 1. The van der Waals surface area contributed by atoms with E-state index in [0.29, 0.717) is 0 Å². The van der Waals surface area contributed by atoms with Gasteiger partial charge in [0.1, 0.15) is 0 Å². The maximum atomic E-state index is 4.61. The molecule has 3 heteroatoms. The molecule has 0 amide bonds. The fraction of sp³-hybridized carbons (Fsp3) is 0.476. The number of hydrogen-bond acceptors (Lipinski definition) is 3. The molecule has 0 unspecified atom stereocenters. The zero-order chi connectivity index (χ0) is 17.1. The third-order valence-electron chi connectivity index (χ3n) is 5.37. The lowest BCUT2D eigenvalue weighted by atomic mass is 9.98.